The van der Waals surface area contributed by atoms with Crippen molar-refractivity contribution in [1.82, 2.24) is 0 Å². The van der Waals surface area contributed by atoms with Crippen LogP contribution in [0.25, 0.3) is 0 Å². The number of hydrogen-bond acceptors (Lipinski definition) is 9. The van der Waals surface area contributed by atoms with E-state index in [0.717, 1.165) is 0 Å². The van der Waals surface area contributed by atoms with E-state index in [1.165, 1.54) is 24.3 Å². The van der Waals surface area contributed by atoms with Crippen molar-refractivity contribution in [3.05, 3.63) is 47.5 Å². The van der Waals surface area contributed by atoms with E-state index >= 15 is 0 Å². The fourth-order valence-corrected chi connectivity index (χ4v) is 3.57. The molecular weight excluding hydrogens is 384 g/mol. The zero-order chi connectivity index (χ0) is 20.7. The van der Waals surface area contributed by atoms with E-state index in [4.69, 9.17) is 19.3 Å². The zero-order valence-electron chi connectivity index (χ0n) is 15.3. The summed E-state index contributed by atoms with van der Waals surface area (Å²) >= 11 is 0. The maximum Gasteiger partial charge on any atom is 0.229 e. The second-order valence-electron chi connectivity index (χ2n) is 7.15. The lowest BCUT2D eigenvalue weighted by molar-refractivity contribution is -0.116. The molecule has 0 unspecified atom stereocenters. The lowest BCUT2D eigenvalue weighted by Crippen LogP contribution is -2.35. The number of phenolic OH excluding ortho intramolecular Hbond substituents is 2. The fourth-order valence-electron chi connectivity index (χ4n) is 3.57. The van der Waals surface area contributed by atoms with Crippen LogP contribution in [0.4, 0.5) is 0 Å². The number of aromatic hydroxyl groups is 2. The Hall–Kier alpha value is -2.56. The van der Waals surface area contributed by atoms with E-state index in [9.17, 15) is 25.5 Å². The molecule has 0 aromatic heterocycles. The molecule has 0 aliphatic carbocycles. The third kappa shape index (κ3) is 3.70. The first-order valence-corrected chi connectivity index (χ1v) is 9.16. The SMILES string of the molecule is OC[C@@H]1O[C@H](Oc2cc(O)c3c(c2)O[C@H](c2ccc(O)cc2)[C@H](O)C3)[C@H](O)[C@@H]1O. The highest BCUT2D eigenvalue weighted by Gasteiger charge is 2.44. The van der Waals surface area contributed by atoms with Gasteiger partial charge in [0.15, 0.2) is 0 Å². The summed E-state index contributed by atoms with van der Waals surface area (Å²) in [6.45, 7) is -0.483. The molecule has 9 heteroatoms. The monoisotopic (exact) mass is 406 g/mol. The highest BCUT2D eigenvalue weighted by Crippen LogP contribution is 2.42. The number of benzene rings is 2. The molecule has 0 spiro atoms. The average Bonchev–Trinajstić information content (AvgIpc) is 2.97. The van der Waals surface area contributed by atoms with Crippen LogP contribution in [-0.4, -0.2) is 68.0 Å². The van der Waals surface area contributed by atoms with Gasteiger partial charge in [-0.05, 0) is 17.7 Å². The number of hydrogen-bond donors (Lipinski definition) is 6. The van der Waals surface area contributed by atoms with E-state index in [1.54, 1.807) is 12.1 Å². The van der Waals surface area contributed by atoms with Gasteiger partial charge in [0.2, 0.25) is 6.29 Å². The Morgan fingerprint density at radius 3 is 2.38 bits per heavy atom. The van der Waals surface area contributed by atoms with Gasteiger partial charge in [-0.3, -0.25) is 0 Å². The number of rotatable bonds is 4. The Morgan fingerprint density at radius 2 is 1.72 bits per heavy atom. The van der Waals surface area contributed by atoms with Crippen LogP contribution in [0.1, 0.15) is 17.2 Å². The van der Waals surface area contributed by atoms with Crippen molar-refractivity contribution in [1.29, 1.82) is 0 Å². The molecular formula is C20H22O9. The second kappa shape index (κ2) is 7.69. The predicted octanol–water partition coefficient (Wildman–Crippen LogP) is -0.0473. The van der Waals surface area contributed by atoms with Crippen LogP contribution in [0.15, 0.2) is 36.4 Å². The van der Waals surface area contributed by atoms with Crippen LogP contribution < -0.4 is 9.47 Å². The van der Waals surface area contributed by atoms with E-state index in [1.807, 2.05) is 0 Å². The van der Waals surface area contributed by atoms with Gasteiger partial charge in [0, 0.05) is 24.1 Å². The summed E-state index contributed by atoms with van der Waals surface area (Å²) in [6.07, 6.45) is -6.38. The summed E-state index contributed by atoms with van der Waals surface area (Å²) in [5, 5.41) is 59.2. The molecule has 2 aliphatic heterocycles. The van der Waals surface area contributed by atoms with Crippen molar-refractivity contribution >= 4 is 0 Å². The summed E-state index contributed by atoms with van der Waals surface area (Å²) in [5.41, 5.74) is 1.05. The minimum Gasteiger partial charge on any atom is -0.508 e. The van der Waals surface area contributed by atoms with E-state index in [-0.39, 0.29) is 29.4 Å². The quantitative estimate of drug-likeness (QED) is 0.411. The summed E-state index contributed by atoms with van der Waals surface area (Å²) < 4.78 is 16.7. The van der Waals surface area contributed by atoms with Crippen molar-refractivity contribution < 1.29 is 44.8 Å². The highest BCUT2D eigenvalue weighted by atomic mass is 16.7. The average molecular weight is 406 g/mol. The van der Waals surface area contributed by atoms with Crippen LogP contribution in [0.2, 0.25) is 0 Å². The maximum absolute atomic E-state index is 10.4. The molecule has 6 atom stereocenters. The lowest BCUT2D eigenvalue weighted by atomic mass is 9.94. The minimum absolute atomic E-state index is 0.0891. The van der Waals surface area contributed by atoms with Crippen molar-refractivity contribution in [2.75, 3.05) is 6.61 Å². The summed E-state index contributed by atoms with van der Waals surface area (Å²) in [5.74, 6) is 0.339. The van der Waals surface area contributed by atoms with Gasteiger partial charge in [0.05, 0.1) is 12.7 Å². The molecule has 9 nitrogen and oxygen atoms in total. The molecule has 29 heavy (non-hydrogen) atoms. The largest absolute Gasteiger partial charge is 0.508 e. The maximum atomic E-state index is 10.4. The van der Waals surface area contributed by atoms with Gasteiger partial charge in [-0.2, -0.15) is 0 Å². The van der Waals surface area contributed by atoms with Crippen LogP contribution in [0.3, 0.4) is 0 Å². The topological polar surface area (TPSA) is 149 Å². The number of phenols is 2. The number of ether oxygens (including phenoxy) is 3. The molecule has 156 valence electrons. The predicted molar refractivity (Wildman–Crippen MR) is 97.7 cm³/mol. The molecule has 6 N–H and O–H groups in total. The van der Waals surface area contributed by atoms with Crippen molar-refractivity contribution in [3.63, 3.8) is 0 Å². The Bertz CT molecular complexity index is 869. The zero-order valence-corrected chi connectivity index (χ0v) is 15.3. The third-order valence-corrected chi connectivity index (χ3v) is 5.15. The summed E-state index contributed by atoms with van der Waals surface area (Å²) in [7, 11) is 0. The molecule has 0 amide bonds. The van der Waals surface area contributed by atoms with Crippen LogP contribution in [0.5, 0.6) is 23.0 Å². The molecule has 2 aliphatic rings. The van der Waals surface area contributed by atoms with Crippen molar-refractivity contribution in [2.45, 2.75) is 43.2 Å². The molecule has 2 aromatic carbocycles. The van der Waals surface area contributed by atoms with Gasteiger partial charge >= 0.3 is 0 Å². The first-order chi connectivity index (χ1) is 13.9. The molecule has 2 aromatic rings. The van der Waals surface area contributed by atoms with Gasteiger partial charge < -0.3 is 44.8 Å². The fraction of sp³-hybridized carbons (Fsp3) is 0.400. The number of fused-ring (bicyclic) bond motifs is 1. The summed E-state index contributed by atoms with van der Waals surface area (Å²) in [4.78, 5) is 0. The van der Waals surface area contributed by atoms with Gasteiger partial charge in [0.25, 0.3) is 0 Å². The molecule has 0 radical (unpaired) electrons. The van der Waals surface area contributed by atoms with Crippen LogP contribution in [0, 0.1) is 0 Å². The van der Waals surface area contributed by atoms with Crippen LogP contribution >= 0.6 is 0 Å². The van der Waals surface area contributed by atoms with Crippen LogP contribution in [-0.2, 0) is 11.2 Å². The molecule has 4 rings (SSSR count). The summed E-state index contributed by atoms with van der Waals surface area (Å²) in [6, 6.07) is 9.02. The normalized spacial score (nSPS) is 31.2. The number of aliphatic hydroxyl groups is 4. The standard InChI is InChI=1S/C20H22O9/c21-8-16-17(25)18(26)20(29-16)27-11-5-13(23)12-7-14(24)19(28-15(12)6-11)9-1-3-10(22)4-2-9/h1-6,14,16-26H,7-8H2/t14-,16+,17-,18-,19-,20+/m1/s1. The molecule has 1 fully saturated rings. The Labute approximate surface area is 166 Å². The highest BCUT2D eigenvalue weighted by molar-refractivity contribution is 5.52. The van der Waals surface area contributed by atoms with E-state index in [0.29, 0.717) is 11.1 Å². The molecule has 0 bridgehead atoms. The van der Waals surface area contributed by atoms with E-state index in [2.05, 4.69) is 0 Å². The minimum atomic E-state index is -1.38. The third-order valence-electron chi connectivity index (χ3n) is 5.15. The first-order valence-electron chi connectivity index (χ1n) is 9.16. The van der Waals surface area contributed by atoms with Gasteiger partial charge in [-0.1, -0.05) is 12.1 Å². The molecule has 2 heterocycles. The van der Waals surface area contributed by atoms with Gasteiger partial charge in [-0.25, -0.2) is 0 Å². The van der Waals surface area contributed by atoms with Gasteiger partial charge in [0.1, 0.15) is 47.4 Å². The number of aliphatic hydroxyl groups excluding tert-OH is 4. The first kappa shape index (κ1) is 19.7. The van der Waals surface area contributed by atoms with E-state index < -0.39 is 43.4 Å². The lowest BCUT2D eigenvalue weighted by Gasteiger charge is -2.31. The van der Waals surface area contributed by atoms with Gasteiger partial charge in [-0.15, -0.1) is 0 Å². The smallest absolute Gasteiger partial charge is 0.229 e. The Balaban J connectivity index is 1.57. The van der Waals surface area contributed by atoms with Crippen molar-refractivity contribution in [2.24, 2.45) is 0 Å². The Kier molecular flexibility index (Phi) is 5.24. The Morgan fingerprint density at radius 1 is 1.00 bits per heavy atom. The second-order valence-corrected chi connectivity index (χ2v) is 7.15. The van der Waals surface area contributed by atoms with Crippen molar-refractivity contribution in [3.8, 4) is 23.0 Å². The molecule has 1 saturated heterocycles. The molecule has 0 saturated carbocycles.